The lowest BCUT2D eigenvalue weighted by molar-refractivity contribution is -0.124. The first-order valence-electron chi connectivity index (χ1n) is 10.9. The van der Waals surface area contributed by atoms with Crippen LogP contribution in [0.1, 0.15) is 31.0 Å². The number of nitrogens with one attached hydrogen (secondary N) is 1. The van der Waals surface area contributed by atoms with Crippen LogP contribution in [-0.4, -0.2) is 41.2 Å². The number of alkyl halides is 2. The third kappa shape index (κ3) is 5.51. The molecule has 184 valence electrons. The zero-order valence-corrected chi connectivity index (χ0v) is 19.6. The predicted molar refractivity (Wildman–Crippen MR) is 122 cm³/mol. The Morgan fingerprint density at radius 3 is 2.46 bits per heavy atom. The lowest BCUT2D eigenvalue weighted by atomic mass is 10.1. The number of hydrogen-bond acceptors (Lipinski definition) is 5. The van der Waals surface area contributed by atoms with Crippen LogP contribution in [0.5, 0.6) is 0 Å². The quantitative estimate of drug-likeness (QED) is 0.528. The van der Waals surface area contributed by atoms with Crippen LogP contribution >= 0.6 is 0 Å². The van der Waals surface area contributed by atoms with Crippen molar-refractivity contribution < 1.29 is 26.4 Å². The van der Waals surface area contributed by atoms with Crippen molar-refractivity contribution in [2.75, 3.05) is 6.54 Å². The molecule has 1 saturated heterocycles. The lowest BCUT2D eigenvalue weighted by Gasteiger charge is -2.23. The van der Waals surface area contributed by atoms with Crippen molar-refractivity contribution in [2.24, 2.45) is 0 Å². The monoisotopic (exact) mass is 504 g/mol. The van der Waals surface area contributed by atoms with Gasteiger partial charge < -0.3 is 5.32 Å². The van der Waals surface area contributed by atoms with E-state index in [9.17, 15) is 26.4 Å². The van der Waals surface area contributed by atoms with Crippen molar-refractivity contribution in [3.05, 3.63) is 78.0 Å². The van der Waals surface area contributed by atoms with Gasteiger partial charge in [-0.1, -0.05) is 24.3 Å². The van der Waals surface area contributed by atoms with Crippen LogP contribution < -0.4 is 5.32 Å². The number of carbonyl (C=O) groups is 1. The summed E-state index contributed by atoms with van der Waals surface area (Å²) in [6.07, 6.45) is 2.18. The molecule has 4 rings (SSSR count). The summed E-state index contributed by atoms with van der Waals surface area (Å²) in [5, 5.41) is 2.72. The van der Waals surface area contributed by atoms with Crippen LogP contribution in [0.3, 0.4) is 0 Å². The number of aromatic nitrogens is 2. The van der Waals surface area contributed by atoms with Crippen LogP contribution in [0.4, 0.5) is 13.2 Å². The predicted octanol–water partition coefficient (Wildman–Crippen LogP) is 3.86. The molecule has 7 nitrogen and oxygen atoms in total. The normalized spacial score (nSPS) is 16.9. The summed E-state index contributed by atoms with van der Waals surface area (Å²) in [6.45, 7) is 1.03. The maximum Gasteiger partial charge on any atom is 0.270 e. The molecule has 1 aliphatic rings. The lowest BCUT2D eigenvalue weighted by Crippen LogP contribution is -2.45. The number of carbonyl (C=O) groups excluding carboxylic acids is 1. The fraction of sp³-hybridized carbons (Fsp3) is 0.292. The Kier molecular flexibility index (Phi) is 6.91. The molecule has 2 heterocycles. The first-order chi connectivity index (χ1) is 16.6. The molecule has 0 unspecified atom stereocenters. The Morgan fingerprint density at radius 1 is 1.11 bits per heavy atom. The first kappa shape index (κ1) is 24.8. The summed E-state index contributed by atoms with van der Waals surface area (Å²) < 4.78 is 67.2. The topological polar surface area (TPSA) is 92.3 Å². The molecule has 1 atom stereocenters. The molecule has 3 aromatic rings. The Hall–Kier alpha value is -3.31. The van der Waals surface area contributed by atoms with E-state index in [1.54, 1.807) is 6.07 Å². The molecular formula is C24H23F3N4O3S. The number of amides is 1. The SMILES string of the molecule is CC(F)(F)c1ccc(-c2cc(CNC(=O)[C@@H]3CCCN3S(=O)(=O)c3ccc(F)cc3)ncn2)cc1. The zero-order valence-electron chi connectivity index (χ0n) is 18.8. The second-order valence-electron chi connectivity index (χ2n) is 8.31. The van der Waals surface area contributed by atoms with Gasteiger partial charge in [-0.2, -0.15) is 4.31 Å². The summed E-state index contributed by atoms with van der Waals surface area (Å²) in [7, 11) is -3.96. The highest BCUT2D eigenvalue weighted by Gasteiger charge is 2.39. The fourth-order valence-electron chi connectivity index (χ4n) is 3.91. The molecule has 0 spiro atoms. The van der Waals surface area contributed by atoms with E-state index in [0.717, 1.165) is 23.4 Å². The largest absolute Gasteiger partial charge is 0.349 e. The molecule has 2 aromatic carbocycles. The highest BCUT2D eigenvalue weighted by atomic mass is 32.2. The van der Waals surface area contributed by atoms with Crippen molar-refractivity contribution in [3.63, 3.8) is 0 Å². The number of sulfonamides is 1. The van der Waals surface area contributed by atoms with E-state index in [-0.39, 0.29) is 23.5 Å². The average molecular weight is 505 g/mol. The standard InChI is InChI=1S/C24H23F3N4O3S/c1-24(26,27)17-6-4-16(5-7-17)21-13-19(29-15-30-21)14-28-23(32)22-3-2-12-31(22)35(33,34)20-10-8-18(25)9-11-20/h4-11,13,15,22H,2-3,12,14H2,1H3,(H,28,32)/t22-/m0/s1. The van der Waals surface area contributed by atoms with Gasteiger partial charge in [0.05, 0.1) is 22.8 Å². The van der Waals surface area contributed by atoms with E-state index < -0.39 is 33.7 Å². The Morgan fingerprint density at radius 2 is 1.80 bits per heavy atom. The minimum absolute atomic E-state index is 0.0282. The molecule has 0 saturated carbocycles. The molecule has 1 aromatic heterocycles. The molecule has 1 N–H and O–H groups in total. The minimum Gasteiger partial charge on any atom is -0.349 e. The molecule has 35 heavy (non-hydrogen) atoms. The molecule has 1 fully saturated rings. The third-order valence-corrected chi connectivity index (χ3v) is 7.70. The molecule has 0 radical (unpaired) electrons. The van der Waals surface area contributed by atoms with Gasteiger partial charge in [0.15, 0.2) is 0 Å². The van der Waals surface area contributed by atoms with Crippen LogP contribution in [-0.2, 0) is 27.3 Å². The maximum atomic E-state index is 13.4. The second kappa shape index (κ2) is 9.74. The van der Waals surface area contributed by atoms with E-state index in [2.05, 4.69) is 15.3 Å². The van der Waals surface area contributed by atoms with Gasteiger partial charge in [-0.25, -0.2) is 31.6 Å². The van der Waals surface area contributed by atoms with Crippen molar-refractivity contribution in [2.45, 2.75) is 43.2 Å². The molecule has 0 aliphatic carbocycles. The number of hydrogen-bond donors (Lipinski definition) is 1. The highest BCUT2D eigenvalue weighted by Crippen LogP contribution is 2.29. The van der Waals surface area contributed by atoms with Crippen molar-refractivity contribution in [3.8, 4) is 11.3 Å². The van der Waals surface area contributed by atoms with Gasteiger partial charge in [-0.3, -0.25) is 4.79 Å². The fourth-order valence-corrected chi connectivity index (χ4v) is 5.57. The average Bonchev–Trinajstić information content (AvgIpc) is 3.34. The Balaban J connectivity index is 1.44. The van der Waals surface area contributed by atoms with Gasteiger partial charge in [0, 0.05) is 24.6 Å². The van der Waals surface area contributed by atoms with Crippen LogP contribution in [0, 0.1) is 5.82 Å². The summed E-state index contributed by atoms with van der Waals surface area (Å²) in [6, 6.07) is 10.9. The minimum atomic E-state index is -3.96. The molecule has 1 aliphatic heterocycles. The highest BCUT2D eigenvalue weighted by molar-refractivity contribution is 7.89. The van der Waals surface area contributed by atoms with Gasteiger partial charge in [0.25, 0.3) is 5.92 Å². The van der Waals surface area contributed by atoms with E-state index in [1.807, 2.05) is 0 Å². The number of rotatable bonds is 7. The molecule has 0 bridgehead atoms. The van der Waals surface area contributed by atoms with Crippen LogP contribution in [0.2, 0.25) is 0 Å². The number of halogens is 3. The van der Waals surface area contributed by atoms with Gasteiger partial charge in [-0.05, 0) is 43.2 Å². The van der Waals surface area contributed by atoms with Gasteiger partial charge in [-0.15, -0.1) is 0 Å². The van der Waals surface area contributed by atoms with Crippen LogP contribution in [0.15, 0.2) is 65.8 Å². The van der Waals surface area contributed by atoms with E-state index in [0.29, 0.717) is 29.8 Å². The van der Waals surface area contributed by atoms with E-state index >= 15 is 0 Å². The second-order valence-corrected chi connectivity index (χ2v) is 10.2. The molecule has 11 heteroatoms. The third-order valence-electron chi connectivity index (χ3n) is 5.78. The number of benzene rings is 2. The van der Waals surface area contributed by atoms with E-state index in [1.165, 1.54) is 42.7 Å². The van der Waals surface area contributed by atoms with Gasteiger partial charge in [0.1, 0.15) is 18.2 Å². The Labute approximate surface area is 201 Å². The van der Waals surface area contributed by atoms with Crippen molar-refractivity contribution in [1.82, 2.24) is 19.6 Å². The maximum absolute atomic E-state index is 13.4. The van der Waals surface area contributed by atoms with Crippen molar-refractivity contribution >= 4 is 15.9 Å². The summed E-state index contributed by atoms with van der Waals surface area (Å²) in [5.74, 6) is -3.97. The van der Waals surface area contributed by atoms with Crippen LogP contribution in [0.25, 0.3) is 11.3 Å². The smallest absolute Gasteiger partial charge is 0.270 e. The Bertz CT molecular complexity index is 1310. The molecular weight excluding hydrogens is 481 g/mol. The summed E-state index contributed by atoms with van der Waals surface area (Å²) in [4.78, 5) is 21.1. The first-order valence-corrected chi connectivity index (χ1v) is 12.3. The van der Waals surface area contributed by atoms with Gasteiger partial charge >= 0.3 is 0 Å². The van der Waals surface area contributed by atoms with E-state index in [4.69, 9.17) is 0 Å². The summed E-state index contributed by atoms with van der Waals surface area (Å²) >= 11 is 0. The number of nitrogens with zero attached hydrogens (tertiary/aromatic N) is 3. The van der Waals surface area contributed by atoms with Gasteiger partial charge in [0.2, 0.25) is 15.9 Å². The zero-order chi connectivity index (χ0) is 25.2. The molecule has 1 amide bonds. The van der Waals surface area contributed by atoms with Crippen molar-refractivity contribution in [1.29, 1.82) is 0 Å². The summed E-state index contributed by atoms with van der Waals surface area (Å²) in [5.41, 5.74) is 1.47.